The summed E-state index contributed by atoms with van der Waals surface area (Å²) in [5.74, 6) is 0.699. The highest BCUT2D eigenvalue weighted by atomic mass is 35.5. The van der Waals surface area contributed by atoms with Crippen LogP contribution in [0.3, 0.4) is 0 Å². The molecular weight excluding hydrogens is 394 g/mol. The third kappa shape index (κ3) is 4.28. The zero-order valence-corrected chi connectivity index (χ0v) is 17.6. The molecule has 0 radical (unpaired) electrons. The quantitative estimate of drug-likeness (QED) is 0.717. The number of carboxylic acid groups (broad SMARTS) is 1. The van der Waals surface area contributed by atoms with E-state index in [4.69, 9.17) is 25.8 Å². The molecular formula is C22H26ClNO5. The van der Waals surface area contributed by atoms with Crippen LogP contribution in [0.2, 0.25) is 5.02 Å². The van der Waals surface area contributed by atoms with Crippen molar-refractivity contribution >= 4 is 17.6 Å². The van der Waals surface area contributed by atoms with E-state index in [1.54, 1.807) is 21.3 Å². The Bertz CT molecular complexity index is 847. The van der Waals surface area contributed by atoms with Crippen LogP contribution in [0, 0.1) is 0 Å². The second-order valence-electron chi connectivity index (χ2n) is 6.97. The number of hydrogen-bond donors (Lipinski definition) is 1. The number of nitrogens with zero attached hydrogens (tertiary/aromatic N) is 1. The molecule has 7 heteroatoms. The smallest absolute Gasteiger partial charge is 0.320 e. The van der Waals surface area contributed by atoms with Gasteiger partial charge < -0.3 is 19.3 Å². The lowest BCUT2D eigenvalue weighted by Gasteiger charge is -2.40. The second-order valence-corrected chi connectivity index (χ2v) is 7.38. The van der Waals surface area contributed by atoms with Crippen LogP contribution in [0.15, 0.2) is 36.4 Å². The molecule has 3 rings (SSSR count). The van der Waals surface area contributed by atoms with Crippen molar-refractivity contribution in [2.24, 2.45) is 0 Å². The van der Waals surface area contributed by atoms with E-state index in [-0.39, 0.29) is 6.04 Å². The number of methoxy groups -OCH3 is 3. The first-order chi connectivity index (χ1) is 14.0. The topological polar surface area (TPSA) is 68.2 Å². The van der Waals surface area contributed by atoms with Crippen LogP contribution < -0.4 is 14.2 Å². The van der Waals surface area contributed by atoms with E-state index >= 15 is 0 Å². The molecule has 1 aliphatic heterocycles. The highest BCUT2D eigenvalue weighted by molar-refractivity contribution is 6.31. The van der Waals surface area contributed by atoms with E-state index < -0.39 is 12.0 Å². The monoisotopic (exact) mass is 419 g/mol. The minimum Gasteiger partial charge on any atom is -0.493 e. The summed E-state index contributed by atoms with van der Waals surface area (Å²) in [7, 11) is 4.68. The maximum atomic E-state index is 12.0. The van der Waals surface area contributed by atoms with Crippen LogP contribution in [0.25, 0.3) is 0 Å². The lowest BCUT2D eigenvalue weighted by molar-refractivity contribution is -0.145. The maximum absolute atomic E-state index is 12.0. The summed E-state index contributed by atoms with van der Waals surface area (Å²) in [6, 6.07) is 10.3. The van der Waals surface area contributed by atoms with E-state index in [1.807, 2.05) is 41.3 Å². The minimum absolute atomic E-state index is 0.362. The van der Waals surface area contributed by atoms with Crippen molar-refractivity contribution in [3.8, 4) is 17.2 Å². The molecule has 0 aliphatic carbocycles. The summed E-state index contributed by atoms with van der Waals surface area (Å²) in [5.41, 5.74) is 1.68. The first-order valence-electron chi connectivity index (χ1n) is 9.54. The number of ether oxygens (including phenoxy) is 3. The Balaban J connectivity index is 2.21. The molecule has 1 heterocycles. The Kier molecular flexibility index (Phi) is 6.87. The number of halogens is 1. The fraction of sp³-hybridized carbons (Fsp3) is 0.409. The summed E-state index contributed by atoms with van der Waals surface area (Å²) in [6.45, 7) is 0.656. The molecule has 0 spiro atoms. The predicted octanol–water partition coefficient (Wildman–Crippen LogP) is 4.39. The fourth-order valence-corrected chi connectivity index (χ4v) is 4.27. The SMILES string of the molecule is COc1cc(C(c2ccccc2Cl)N2CCCCC2C(=O)O)cc(OC)c1OC. The van der Waals surface area contributed by atoms with Gasteiger partial charge in [-0.1, -0.05) is 36.2 Å². The zero-order chi connectivity index (χ0) is 21.0. The van der Waals surface area contributed by atoms with E-state index in [1.165, 1.54) is 0 Å². The fourth-order valence-electron chi connectivity index (χ4n) is 4.03. The van der Waals surface area contributed by atoms with Crippen LogP contribution in [0.1, 0.15) is 36.4 Å². The number of carbonyl (C=O) groups is 1. The van der Waals surface area contributed by atoms with Gasteiger partial charge >= 0.3 is 5.97 Å². The average molecular weight is 420 g/mol. The first-order valence-corrected chi connectivity index (χ1v) is 9.92. The van der Waals surface area contributed by atoms with Gasteiger partial charge in [0.05, 0.1) is 27.4 Å². The summed E-state index contributed by atoms with van der Waals surface area (Å²) in [6.07, 6.45) is 2.41. The van der Waals surface area contributed by atoms with Gasteiger partial charge in [0.1, 0.15) is 6.04 Å². The Morgan fingerprint density at radius 1 is 1.10 bits per heavy atom. The molecule has 1 fully saturated rings. The summed E-state index contributed by atoms with van der Waals surface area (Å²) in [5, 5.41) is 10.4. The predicted molar refractivity (Wildman–Crippen MR) is 111 cm³/mol. The number of aliphatic carboxylic acids is 1. The Morgan fingerprint density at radius 3 is 2.31 bits per heavy atom. The van der Waals surface area contributed by atoms with Gasteiger partial charge in [-0.05, 0) is 48.7 Å². The van der Waals surface area contributed by atoms with Gasteiger partial charge in [-0.2, -0.15) is 0 Å². The lowest BCUT2D eigenvalue weighted by Crippen LogP contribution is -2.46. The van der Waals surface area contributed by atoms with Gasteiger partial charge in [-0.25, -0.2) is 0 Å². The molecule has 0 aromatic heterocycles. The minimum atomic E-state index is -0.825. The molecule has 1 N–H and O–H groups in total. The summed E-state index contributed by atoms with van der Waals surface area (Å²) >= 11 is 6.56. The average Bonchev–Trinajstić information content (AvgIpc) is 2.74. The van der Waals surface area contributed by atoms with Crippen molar-refractivity contribution in [3.63, 3.8) is 0 Å². The van der Waals surface area contributed by atoms with E-state index in [2.05, 4.69) is 0 Å². The number of hydrogen-bond acceptors (Lipinski definition) is 5. The van der Waals surface area contributed by atoms with Crippen molar-refractivity contribution in [1.29, 1.82) is 0 Å². The van der Waals surface area contributed by atoms with E-state index in [0.717, 1.165) is 24.0 Å². The third-order valence-electron chi connectivity index (χ3n) is 5.36. The lowest BCUT2D eigenvalue weighted by atomic mass is 9.91. The van der Waals surface area contributed by atoms with Crippen LogP contribution >= 0.6 is 11.6 Å². The maximum Gasteiger partial charge on any atom is 0.320 e. The molecule has 1 aliphatic rings. The van der Waals surface area contributed by atoms with Crippen molar-refractivity contribution in [2.75, 3.05) is 27.9 Å². The van der Waals surface area contributed by atoms with Gasteiger partial charge in [0.2, 0.25) is 5.75 Å². The molecule has 6 nitrogen and oxygen atoms in total. The molecule has 2 aromatic rings. The Hall–Kier alpha value is -2.44. The van der Waals surface area contributed by atoms with Crippen LogP contribution in [0.4, 0.5) is 0 Å². The van der Waals surface area contributed by atoms with Crippen LogP contribution in [-0.4, -0.2) is 49.9 Å². The standard InChI is InChI=1S/C22H26ClNO5/c1-27-18-12-14(13-19(28-2)21(18)29-3)20(15-8-4-5-9-16(15)23)24-11-7-6-10-17(24)22(25)26/h4-5,8-9,12-13,17,20H,6-7,10-11H2,1-3H3,(H,25,26). The second kappa shape index (κ2) is 9.37. The van der Waals surface area contributed by atoms with E-state index in [9.17, 15) is 9.90 Å². The Morgan fingerprint density at radius 2 is 1.76 bits per heavy atom. The first kappa shape index (κ1) is 21.3. The highest BCUT2D eigenvalue weighted by Crippen LogP contribution is 2.44. The zero-order valence-electron chi connectivity index (χ0n) is 16.9. The van der Waals surface area contributed by atoms with Crippen molar-refractivity contribution < 1.29 is 24.1 Å². The van der Waals surface area contributed by atoms with Gasteiger partial charge in [0.15, 0.2) is 11.5 Å². The Labute approximate surface area is 175 Å². The van der Waals surface area contributed by atoms with Crippen molar-refractivity contribution in [3.05, 3.63) is 52.5 Å². The highest BCUT2D eigenvalue weighted by Gasteiger charge is 2.36. The summed E-state index contributed by atoms with van der Waals surface area (Å²) < 4.78 is 16.5. The molecule has 0 amide bonds. The van der Waals surface area contributed by atoms with E-state index in [0.29, 0.717) is 35.2 Å². The van der Waals surface area contributed by atoms with Gasteiger partial charge in [-0.15, -0.1) is 0 Å². The normalized spacial score (nSPS) is 18.1. The van der Waals surface area contributed by atoms with Gasteiger partial charge in [-0.3, -0.25) is 9.69 Å². The number of likely N-dealkylation sites (tertiary alicyclic amines) is 1. The number of piperidine rings is 1. The molecule has 0 saturated carbocycles. The van der Waals surface area contributed by atoms with Crippen LogP contribution in [-0.2, 0) is 4.79 Å². The largest absolute Gasteiger partial charge is 0.493 e. The molecule has 1 saturated heterocycles. The number of benzene rings is 2. The third-order valence-corrected chi connectivity index (χ3v) is 5.71. The molecule has 2 atom stereocenters. The number of rotatable bonds is 7. The van der Waals surface area contributed by atoms with Crippen molar-refractivity contribution in [2.45, 2.75) is 31.3 Å². The van der Waals surface area contributed by atoms with Crippen molar-refractivity contribution in [1.82, 2.24) is 4.90 Å². The molecule has 0 bridgehead atoms. The van der Waals surface area contributed by atoms with Gasteiger partial charge in [0, 0.05) is 5.02 Å². The van der Waals surface area contributed by atoms with Crippen LogP contribution in [0.5, 0.6) is 17.2 Å². The molecule has 2 aromatic carbocycles. The summed E-state index contributed by atoms with van der Waals surface area (Å²) in [4.78, 5) is 14.0. The molecule has 2 unspecified atom stereocenters. The molecule has 29 heavy (non-hydrogen) atoms. The molecule has 156 valence electrons. The number of carboxylic acids is 1. The van der Waals surface area contributed by atoms with Gasteiger partial charge in [0.25, 0.3) is 0 Å².